The summed E-state index contributed by atoms with van der Waals surface area (Å²) in [6.45, 7) is 2.17. The van der Waals surface area contributed by atoms with Gasteiger partial charge in [-0.25, -0.2) is 13.1 Å². The van der Waals surface area contributed by atoms with Gasteiger partial charge in [0.1, 0.15) is 12.4 Å². The first-order chi connectivity index (χ1) is 12.3. The molecule has 1 heterocycles. The van der Waals surface area contributed by atoms with Crippen LogP contribution in [0.15, 0.2) is 24.3 Å². The third-order valence-corrected chi connectivity index (χ3v) is 5.13. The summed E-state index contributed by atoms with van der Waals surface area (Å²) in [4.78, 5) is 14.2. The summed E-state index contributed by atoms with van der Waals surface area (Å²) in [6.07, 6.45) is 4.09. The van der Waals surface area contributed by atoms with Gasteiger partial charge in [0.2, 0.25) is 15.9 Å². The number of nitrogens with one attached hydrogen (secondary N) is 2. The van der Waals surface area contributed by atoms with Crippen LogP contribution < -0.4 is 14.8 Å². The molecule has 0 aromatic heterocycles. The number of hydrogen-bond donors (Lipinski definition) is 2. The quantitative estimate of drug-likeness (QED) is 0.606. The summed E-state index contributed by atoms with van der Waals surface area (Å²) >= 11 is 5.81. The van der Waals surface area contributed by atoms with Gasteiger partial charge in [-0.05, 0) is 43.7 Å². The number of amides is 1. The fourth-order valence-electron chi connectivity index (χ4n) is 2.88. The molecule has 146 valence electrons. The highest BCUT2D eigenvalue weighted by atomic mass is 35.5. The van der Waals surface area contributed by atoms with Crippen molar-refractivity contribution in [2.45, 2.75) is 25.3 Å². The Labute approximate surface area is 160 Å². The van der Waals surface area contributed by atoms with E-state index in [1.54, 1.807) is 24.3 Å². The van der Waals surface area contributed by atoms with Crippen molar-refractivity contribution in [2.75, 3.05) is 39.0 Å². The van der Waals surface area contributed by atoms with E-state index in [9.17, 15) is 13.2 Å². The second-order valence-corrected chi connectivity index (χ2v) is 8.66. The first-order valence-corrected chi connectivity index (χ1v) is 10.9. The molecule has 1 amide bonds. The van der Waals surface area contributed by atoms with Gasteiger partial charge >= 0.3 is 0 Å². The SMILES string of the molecule is CS(=O)(=O)NC[C@H]1CCCCN1CC(=O)NCCOc1ccc(Cl)cc1. The number of likely N-dealkylation sites (tertiary alicyclic amines) is 1. The Morgan fingerprint density at radius 3 is 2.73 bits per heavy atom. The van der Waals surface area contributed by atoms with E-state index in [4.69, 9.17) is 16.3 Å². The number of nitrogens with zero attached hydrogens (tertiary/aromatic N) is 1. The number of benzene rings is 1. The van der Waals surface area contributed by atoms with Crippen molar-refractivity contribution >= 4 is 27.5 Å². The average Bonchev–Trinajstić information content (AvgIpc) is 2.59. The van der Waals surface area contributed by atoms with E-state index in [0.29, 0.717) is 30.5 Å². The monoisotopic (exact) mass is 403 g/mol. The van der Waals surface area contributed by atoms with E-state index in [1.165, 1.54) is 0 Å². The zero-order valence-electron chi connectivity index (χ0n) is 14.9. The molecule has 0 bridgehead atoms. The smallest absolute Gasteiger partial charge is 0.234 e. The summed E-state index contributed by atoms with van der Waals surface area (Å²) in [6, 6.07) is 7.09. The highest BCUT2D eigenvalue weighted by Gasteiger charge is 2.24. The molecule has 2 rings (SSSR count). The number of carbonyl (C=O) groups is 1. The number of sulfonamides is 1. The van der Waals surface area contributed by atoms with Gasteiger partial charge in [-0.3, -0.25) is 9.69 Å². The molecule has 1 aliphatic heterocycles. The van der Waals surface area contributed by atoms with Crippen molar-refractivity contribution in [1.29, 1.82) is 0 Å². The Balaban J connectivity index is 1.70. The topological polar surface area (TPSA) is 87.7 Å². The van der Waals surface area contributed by atoms with Gasteiger partial charge in [-0.15, -0.1) is 0 Å². The van der Waals surface area contributed by atoms with Crippen LogP contribution in [0, 0.1) is 0 Å². The van der Waals surface area contributed by atoms with E-state index in [-0.39, 0.29) is 18.5 Å². The van der Waals surface area contributed by atoms with Gasteiger partial charge in [0.25, 0.3) is 0 Å². The van der Waals surface area contributed by atoms with Gasteiger partial charge < -0.3 is 10.1 Å². The van der Waals surface area contributed by atoms with Crippen LogP contribution in [0.25, 0.3) is 0 Å². The van der Waals surface area contributed by atoms with E-state index < -0.39 is 10.0 Å². The molecule has 9 heteroatoms. The maximum absolute atomic E-state index is 12.1. The molecule has 0 radical (unpaired) electrons. The molecule has 0 aliphatic carbocycles. The summed E-state index contributed by atoms with van der Waals surface area (Å²) in [5.74, 6) is 0.613. The molecule has 7 nitrogen and oxygen atoms in total. The molecule has 1 saturated heterocycles. The molecule has 1 fully saturated rings. The first kappa shape index (κ1) is 21.0. The highest BCUT2D eigenvalue weighted by molar-refractivity contribution is 7.88. The normalized spacial score (nSPS) is 18.5. The Morgan fingerprint density at radius 1 is 1.31 bits per heavy atom. The predicted octanol–water partition coefficient (Wildman–Crippen LogP) is 1.24. The van der Waals surface area contributed by atoms with Gasteiger partial charge in [-0.2, -0.15) is 0 Å². The molecule has 1 atom stereocenters. The molecule has 26 heavy (non-hydrogen) atoms. The molecule has 0 saturated carbocycles. The molecule has 2 N–H and O–H groups in total. The van der Waals surface area contributed by atoms with Crippen molar-refractivity contribution in [3.8, 4) is 5.75 Å². The number of hydrogen-bond acceptors (Lipinski definition) is 5. The zero-order valence-corrected chi connectivity index (χ0v) is 16.5. The largest absolute Gasteiger partial charge is 0.492 e. The fourth-order valence-corrected chi connectivity index (χ4v) is 3.50. The Hall–Kier alpha value is -1.35. The predicted molar refractivity (Wildman–Crippen MR) is 102 cm³/mol. The fraction of sp³-hybridized carbons (Fsp3) is 0.588. The number of halogens is 1. The van der Waals surface area contributed by atoms with Crippen LogP contribution >= 0.6 is 11.6 Å². The van der Waals surface area contributed by atoms with Crippen LogP contribution in [0.5, 0.6) is 5.75 Å². The summed E-state index contributed by atoms with van der Waals surface area (Å²) in [5, 5.41) is 3.48. The molecule has 1 aliphatic rings. The van der Waals surface area contributed by atoms with E-state index in [1.807, 2.05) is 4.90 Å². The van der Waals surface area contributed by atoms with Crippen LogP contribution in [-0.2, 0) is 14.8 Å². The molecule has 1 aromatic rings. The number of piperidine rings is 1. The summed E-state index contributed by atoms with van der Waals surface area (Å²) < 4.78 is 30.6. The Kier molecular flexibility index (Phi) is 8.15. The Bertz CT molecular complexity index is 682. The summed E-state index contributed by atoms with van der Waals surface area (Å²) in [5.41, 5.74) is 0. The lowest BCUT2D eigenvalue weighted by molar-refractivity contribution is -0.123. The van der Waals surface area contributed by atoms with Gasteiger partial charge in [0.05, 0.1) is 19.3 Å². The lowest BCUT2D eigenvalue weighted by atomic mass is 10.0. The van der Waals surface area contributed by atoms with Crippen LogP contribution in [-0.4, -0.2) is 64.3 Å². The Morgan fingerprint density at radius 2 is 2.04 bits per heavy atom. The third kappa shape index (κ3) is 7.90. The second-order valence-electron chi connectivity index (χ2n) is 6.39. The maximum atomic E-state index is 12.1. The molecule has 0 spiro atoms. The second kappa shape index (κ2) is 10.1. The number of rotatable bonds is 9. The number of ether oxygens (including phenoxy) is 1. The third-order valence-electron chi connectivity index (χ3n) is 4.18. The van der Waals surface area contributed by atoms with E-state index in [2.05, 4.69) is 10.0 Å². The molecular weight excluding hydrogens is 378 g/mol. The average molecular weight is 404 g/mol. The van der Waals surface area contributed by atoms with Crippen molar-refractivity contribution in [1.82, 2.24) is 14.9 Å². The van der Waals surface area contributed by atoms with Gasteiger partial charge in [0.15, 0.2) is 0 Å². The van der Waals surface area contributed by atoms with Gasteiger partial charge in [-0.1, -0.05) is 18.0 Å². The van der Waals surface area contributed by atoms with Crippen molar-refractivity contribution < 1.29 is 17.9 Å². The standard InChI is InChI=1S/C17H26ClN3O4S/c1-26(23,24)20-12-15-4-2-3-10-21(15)13-17(22)19-9-11-25-16-7-5-14(18)6-8-16/h5-8,15,20H,2-4,9-13H2,1H3,(H,19,22)/t15-/m1/s1. The minimum absolute atomic E-state index is 0.0505. The minimum Gasteiger partial charge on any atom is -0.492 e. The summed E-state index contributed by atoms with van der Waals surface area (Å²) in [7, 11) is -3.22. The highest BCUT2D eigenvalue weighted by Crippen LogP contribution is 2.16. The zero-order chi connectivity index (χ0) is 19.0. The molecular formula is C17H26ClN3O4S. The van der Waals surface area contributed by atoms with Gasteiger partial charge in [0, 0.05) is 17.6 Å². The van der Waals surface area contributed by atoms with Crippen molar-refractivity contribution in [2.24, 2.45) is 0 Å². The van der Waals surface area contributed by atoms with Crippen LogP contribution in [0.1, 0.15) is 19.3 Å². The molecule has 0 unspecified atom stereocenters. The minimum atomic E-state index is -3.22. The van der Waals surface area contributed by atoms with E-state index in [0.717, 1.165) is 32.1 Å². The van der Waals surface area contributed by atoms with Crippen molar-refractivity contribution in [3.63, 3.8) is 0 Å². The lowest BCUT2D eigenvalue weighted by Crippen LogP contribution is -2.50. The number of carbonyl (C=O) groups excluding carboxylic acids is 1. The van der Waals surface area contributed by atoms with Crippen LogP contribution in [0.3, 0.4) is 0 Å². The van der Waals surface area contributed by atoms with E-state index >= 15 is 0 Å². The van der Waals surface area contributed by atoms with Crippen LogP contribution in [0.2, 0.25) is 5.02 Å². The van der Waals surface area contributed by atoms with Crippen LogP contribution in [0.4, 0.5) is 0 Å². The first-order valence-electron chi connectivity index (χ1n) is 8.67. The lowest BCUT2D eigenvalue weighted by Gasteiger charge is -2.35. The maximum Gasteiger partial charge on any atom is 0.234 e. The molecule has 1 aromatic carbocycles. The van der Waals surface area contributed by atoms with Crippen molar-refractivity contribution in [3.05, 3.63) is 29.3 Å².